The summed E-state index contributed by atoms with van der Waals surface area (Å²) in [6, 6.07) is 3.66. The fraction of sp³-hybridized carbons (Fsp3) is 0.0833. The van der Waals surface area contributed by atoms with Gasteiger partial charge in [-0.25, -0.2) is 9.97 Å². The van der Waals surface area contributed by atoms with Crippen LogP contribution in [0.2, 0.25) is 0 Å². The van der Waals surface area contributed by atoms with Crippen molar-refractivity contribution in [3.63, 3.8) is 0 Å². The molecule has 0 fully saturated rings. The van der Waals surface area contributed by atoms with E-state index in [0.29, 0.717) is 15.7 Å². The number of thiazole rings is 1. The first kappa shape index (κ1) is 12.1. The van der Waals surface area contributed by atoms with Gasteiger partial charge in [0.05, 0.1) is 5.69 Å². The number of carbonyl (C=O) groups excluding carboxylic acids is 1. The first-order valence-corrected chi connectivity index (χ1v) is 7.15. The minimum Gasteiger partial charge on any atom is -0.397 e. The molecule has 3 aromatic rings. The highest BCUT2D eigenvalue weighted by atomic mass is 32.1. The molecular formula is C12H10N4OS2. The fourth-order valence-corrected chi connectivity index (χ4v) is 3.30. The molecule has 0 saturated heterocycles. The molecule has 0 atom stereocenters. The summed E-state index contributed by atoms with van der Waals surface area (Å²) in [5, 5.41) is 4.14. The Morgan fingerprint density at radius 3 is 2.89 bits per heavy atom. The largest absolute Gasteiger partial charge is 0.397 e. The summed E-state index contributed by atoms with van der Waals surface area (Å²) in [4.78, 5) is 22.8. The van der Waals surface area contributed by atoms with Gasteiger partial charge in [0.25, 0.3) is 5.91 Å². The molecule has 3 aromatic heterocycles. The second-order valence-corrected chi connectivity index (χ2v) is 6.17. The standard InChI is InChI=1S/C12H10N4OS2/c1-6-5-15-12(18-6)16-10(17)9-8(13)7-3-2-4-14-11(7)19-9/h2-5H,13H2,1H3,(H,15,16,17). The van der Waals surface area contributed by atoms with Gasteiger partial charge in [-0.1, -0.05) is 0 Å². The van der Waals surface area contributed by atoms with Gasteiger partial charge < -0.3 is 5.73 Å². The molecule has 0 saturated carbocycles. The van der Waals surface area contributed by atoms with Crippen LogP contribution in [0.15, 0.2) is 24.5 Å². The SMILES string of the molecule is Cc1cnc(NC(=O)c2sc3ncccc3c2N)s1. The Bertz CT molecular complexity index is 762. The summed E-state index contributed by atoms with van der Waals surface area (Å²) >= 11 is 2.72. The van der Waals surface area contributed by atoms with E-state index in [9.17, 15) is 4.79 Å². The highest BCUT2D eigenvalue weighted by Gasteiger charge is 2.17. The third kappa shape index (κ3) is 2.18. The van der Waals surface area contributed by atoms with Crippen LogP contribution >= 0.6 is 22.7 Å². The van der Waals surface area contributed by atoms with Crippen molar-refractivity contribution in [2.45, 2.75) is 6.92 Å². The summed E-state index contributed by atoms with van der Waals surface area (Å²) in [6.45, 7) is 1.94. The lowest BCUT2D eigenvalue weighted by molar-refractivity contribution is 0.103. The number of nitrogens with zero attached hydrogens (tertiary/aromatic N) is 2. The normalized spacial score (nSPS) is 10.8. The van der Waals surface area contributed by atoms with Crippen LogP contribution in [0, 0.1) is 6.92 Å². The number of thiophene rings is 1. The average Bonchev–Trinajstić information content (AvgIpc) is 2.94. The van der Waals surface area contributed by atoms with E-state index in [-0.39, 0.29) is 5.91 Å². The summed E-state index contributed by atoms with van der Waals surface area (Å²) in [5.41, 5.74) is 6.46. The maximum absolute atomic E-state index is 12.2. The molecule has 0 aliphatic rings. The predicted octanol–water partition coefficient (Wildman–Crippen LogP) is 2.90. The van der Waals surface area contributed by atoms with Gasteiger partial charge in [-0.05, 0) is 19.1 Å². The van der Waals surface area contributed by atoms with Crippen molar-refractivity contribution < 1.29 is 4.79 Å². The predicted molar refractivity (Wildman–Crippen MR) is 78.8 cm³/mol. The van der Waals surface area contributed by atoms with Crippen LogP contribution in [0.1, 0.15) is 14.5 Å². The van der Waals surface area contributed by atoms with Crippen LogP contribution in [0.5, 0.6) is 0 Å². The number of nitrogen functional groups attached to an aromatic ring is 1. The third-order valence-electron chi connectivity index (χ3n) is 2.55. The van der Waals surface area contributed by atoms with Crippen LogP contribution in [-0.2, 0) is 0 Å². The van der Waals surface area contributed by atoms with Crippen molar-refractivity contribution in [1.29, 1.82) is 0 Å². The zero-order valence-electron chi connectivity index (χ0n) is 10.0. The lowest BCUT2D eigenvalue weighted by Gasteiger charge is -1.99. The van der Waals surface area contributed by atoms with Crippen molar-refractivity contribution in [2.75, 3.05) is 11.1 Å². The van der Waals surface area contributed by atoms with Gasteiger partial charge in [-0.2, -0.15) is 0 Å². The van der Waals surface area contributed by atoms with E-state index in [2.05, 4.69) is 15.3 Å². The van der Waals surface area contributed by atoms with Crippen LogP contribution in [0.4, 0.5) is 10.8 Å². The molecule has 3 N–H and O–H groups in total. The average molecular weight is 290 g/mol. The molecule has 7 heteroatoms. The molecule has 5 nitrogen and oxygen atoms in total. The Kier molecular flexibility index (Phi) is 2.92. The fourth-order valence-electron chi connectivity index (χ4n) is 1.69. The number of rotatable bonds is 2. The molecule has 0 unspecified atom stereocenters. The Morgan fingerprint density at radius 2 is 2.21 bits per heavy atom. The van der Waals surface area contributed by atoms with Gasteiger partial charge >= 0.3 is 0 Å². The molecule has 96 valence electrons. The van der Waals surface area contributed by atoms with Crippen molar-refractivity contribution in [2.24, 2.45) is 0 Å². The Balaban J connectivity index is 1.95. The van der Waals surface area contributed by atoms with Gasteiger partial charge in [0, 0.05) is 22.7 Å². The lowest BCUT2D eigenvalue weighted by atomic mass is 10.2. The quantitative estimate of drug-likeness (QED) is 0.760. The number of hydrogen-bond acceptors (Lipinski definition) is 6. The molecule has 0 aliphatic carbocycles. The number of pyridine rings is 1. The lowest BCUT2D eigenvalue weighted by Crippen LogP contribution is -2.11. The van der Waals surface area contributed by atoms with Gasteiger partial charge in [0.15, 0.2) is 5.13 Å². The number of hydrogen-bond donors (Lipinski definition) is 2. The highest BCUT2D eigenvalue weighted by Crippen LogP contribution is 2.32. The second-order valence-electron chi connectivity index (χ2n) is 3.93. The van der Waals surface area contributed by atoms with E-state index >= 15 is 0 Å². The van der Waals surface area contributed by atoms with Crippen LogP contribution in [-0.4, -0.2) is 15.9 Å². The van der Waals surface area contributed by atoms with Crippen molar-refractivity contribution in [3.8, 4) is 0 Å². The first-order chi connectivity index (χ1) is 9.15. The molecule has 0 bridgehead atoms. The molecule has 0 aromatic carbocycles. The van der Waals surface area contributed by atoms with Crippen LogP contribution in [0.25, 0.3) is 10.2 Å². The number of fused-ring (bicyclic) bond motifs is 1. The number of nitrogens with two attached hydrogens (primary N) is 1. The van der Waals surface area contributed by atoms with Gasteiger partial charge in [-0.3, -0.25) is 10.1 Å². The zero-order valence-corrected chi connectivity index (χ0v) is 11.6. The molecule has 0 spiro atoms. The van der Waals surface area contributed by atoms with E-state index in [1.165, 1.54) is 22.7 Å². The molecule has 0 aliphatic heterocycles. The molecular weight excluding hydrogens is 280 g/mol. The van der Waals surface area contributed by atoms with Crippen LogP contribution in [0.3, 0.4) is 0 Å². The summed E-state index contributed by atoms with van der Waals surface area (Å²) in [6.07, 6.45) is 3.40. The van der Waals surface area contributed by atoms with Crippen LogP contribution < -0.4 is 11.1 Å². The number of amides is 1. The molecule has 19 heavy (non-hydrogen) atoms. The maximum atomic E-state index is 12.2. The van der Waals surface area contributed by atoms with E-state index in [1.54, 1.807) is 18.5 Å². The topological polar surface area (TPSA) is 80.9 Å². The molecule has 3 rings (SSSR count). The Hall–Kier alpha value is -1.99. The number of anilines is 2. The van der Waals surface area contributed by atoms with Gasteiger partial charge in [0.1, 0.15) is 9.71 Å². The number of aromatic nitrogens is 2. The van der Waals surface area contributed by atoms with Gasteiger partial charge in [-0.15, -0.1) is 22.7 Å². The smallest absolute Gasteiger partial charge is 0.269 e. The Labute approximate surface area is 117 Å². The molecule has 1 amide bonds. The molecule has 3 heterocycles. The van der Waals surface area contributed by atoms with Gasteiger partial charge in [0.2, 0.25) is 0 Å². The Morgan fingerprint density at radius 1 is 1.37 bits per heavy atom. The summed E-state index contributed by atoms with van der Waals surface area (Å²) in [7, 11) is 0. The first-order valence-electron chi connectivity index (χ1n) is 5.52. The van der Waals surface area contributed by atoms with E-state index in [0.717, 1.165) is 15.1 Å². The van der Waals surface area contributed by atoms with E-state index < -0.39 is 0 Å². The number of aryl methyl sites for hydroxylation is 1. The maximum Gasteiger partial charge on any atom is 0.269 e. The van der Waals surface area contributed by atoms with E-state index in [4.69, 9.17) is 5.73 Å². The monoisotopic (exact) mass is 290 g/mol. The summed E-state index contributed by atoms with van der Waals surface area (Å²) < 4.78 is 0. The third-order valence-corrected chi connectivity index (χ3v) is 4.51. The zero-order chi connectivity index (χ0) is 13.4. The van der Waals surface area contributed by atoms with E-state index in [1.807, 2.05) is 13.0 Å². The number of nitrogens with one attached hydrogen (secondary N) is 1. The highest BCUT2D eigenvalue weighted by molar-refractivity contribution is 7.21. The summed E-state index contributed by atoms with van der Waals surface area (Å²) in [5.74, 6) is -0.241. The van der Waals surface area contributed by atoms with Crippen molar-refractivity contribution in [1.82, 2.24) is 9.97 Å². The molecule has 0 radical (unpaired) electrons. The van der Waals surface area contributed by atoms with Crippen molar-refractivity contribution >= 4 is 49.6 Å². The number of carbonyl (C=O) groups is 1. The minimum absolute atomic E-state index is 0.241. The second kappa shape index (κ2) is 4.60. The van der Waals surface area contributed by atoms with Crippen molar-refractivity contribution in [3.05, 3.63) is 34.3 Å². The minimum atomic E-state index is -0.241.